The summed E-state index contributed by atoms with van der Waals surface area (Å²) < 4.78 is 0. The van der Waals surface area contributed by atoms with Crippen LogP contribution in [0.15, 0.2) is 12.1 Å². The summed E-state index contributed by atoms with van der Waals surface area (Å²) in [5, 5.41) is 17.7. The van der Waals surface area contributed by atoms with Gasteiger partial charge in [0.2, 0.25) is 0 Å². The summed E-state index contributed by atoms with van der Waals surface area (Å²) in [6.45, 7) is 0.967. The summed E-state index contributed by atoms with van der Waals surface area (Å²) in [6.07, 6.45) is 0.965. The van der Waals surface area contributed by atoms with E-state index in [-0.39, 0.29) is 0 Å². The minimum atomic E-state index is 0.472. The number of hydrogen-bond acceptors (Lipinski definition) is 3. The molecule has 0 unspecified atom stereocenters. The van der Waals surface area contributed by atoms with Gasteiger partial charge >= 0.3 is 0 Å². The first-order valence-corrected chi connectivity index (χ1v) is 4.44. The van der Waals surface area contributed by atoms with E-state index in [4.69, 9.17) is 10.5 Å². The molecule has 2 rings (SSSR count). The standard InChI is InChI=1S/C11H9N3/c1-14-3-2-8-4-9(6-12)10(7-13)5-11(8)14/h4-5H,2-3H2,1H3. The Kier molecular flexibility index (Phi) is 1.87. The molecule has 0 bridgehead atoms. The monoisotopic (exact) mass is 183 g/mol. The zero-order valence-corrected chi connectivity index (χ0v) is 7.91. The molecular weight excluding hydrogens is 174 g/mol. The van der Waals surface area contributed by atoms with Crippen molar-refractivity contribution in [3.63, 3.8) is 0 Å². The predicted molar refractivity (Wildman–Crippen MR) is 52.8 cm³/mol. The summed E-state index contributed by atoms with van der Waals surface area (Å²) in [5.74, 6) is 0. The van der Waals surface area contributed by atoms with Crippen molar-refractivity contribution in [1.29, 1.82) is 10.5 Å². The number of nitrogens with zero attached hydrogens (tertiary/aromatic N) is 3. The van der Waals surface area contributed by atoms with Crippen LogP contribution in [-0.4, -0.2) is 13.6 Å². The molecule has 0 spiro atoms. The van der Waals surface area contributed by atoms with Gasteiger partial charge in [-0.3, -0.25) is 0 Å². The second-order valence-corrected chi connectivity index (χ2v) is 3.42. The van der Waals surface area contributed by atoms with E-state index in [0.717, 1.165) is 18.7 Å². The van der Waals surface area contributed by atoms with Crippen LogP contribution in [0.5, 0.6) is 0 Å². The molecule has 1 aromatic carbocycles. The Labute approximate surface area is 82.8 Å². The minimum absolute atomic E-state index is 0.472. The Morgan fingerprint density at radius 3 is 2.50 bits per heavy atom. The van der Waals surface area contributed by atoms with Crippen LogP contribution in [-0.2, 0) is 6.42 Å². The second kappa shape index (κ2) is 3.05. The maximum Gasteiger partial charge on any atom is 0.101 e. The highest BCUT2D eigenvalue weighted by Gasteiger charge is 2.18. The van der Waals surface area contributed by atoms with Gasteiger partial charge in [0.15, 0.2) is 0 Å². The third-order valence-corrected chi connectivity index (χ3v) is 2.59. The van der Waals surface area contributed by atoms with Gasteiger partial charge in [0, 0.05) is 19.3 Å². The molecule has 68 valence electrons. The summed E-state index contributed by atoms with van der Waals surface area (Å²) in [4.78, 5) is 2.11. The fraction of sp³-hybridized carbons (Fsp3) is 0.273. The van der Waals surface area contributed by atoms with Crippen LogP contribution in [0.4, 0.5) is 5.69 Å². The first-order valence-electron chi connectivity index (χ1n) is 4.44. The Morgan fingerprint density at radius 1 is 1.21 bits per heavy atom. The number of likely N-dealkylation sites (N-methyl/N-ethyl adjacent to an activating group) is 1. The number of nitriles is 2. The highest BCUT2D eigenvalue weighted by molar-refractivity contribution is 5.64. The lowest BCUT2D eigenvalue weighted by Crippen LogP contribution is -2.12. The first-order chi connectivity index (χ1) is 6.76. The molecule has 1 aliphatic rings. The number of benzene rings is 1. The Balaban J connectivity index is 2.63. The molecule has 0 radical (unpaired) electrons. The van der Waals surface area contributed by atoms with Gasteiger partial charge in [-0.15, -0.1) is 0 Å². The molecule has 0 amide bonds. The van der Waals surface area contributed by atoms with Crippen molar-refractivity contribution in [3.05, 3.63) is 28.8 Å². The largest absolute Gasteiger partial charge is 0.374 e. The summed E-state index contributed by atoms with van der Waals surface area (Å²) in [7, 11) is 2.00. The van der Waals surface area contributed by atoms with Crippen LogP contribution in [0.1, 0.15) is 16.7 Å². The van der Waals surface area contributed by atoms with Gasteiger partial charge in [0.25, 0.3) is 0 Å². The number of hydrogen-bond donors (Lipinski definition) is 0. The molecule has 0 fully saturated rings. The normalized spacial score (nSPS) is 13.2. The van der Waals surface area contributed by atoms with E-state index < -0.39 is 0 Å². The lowest BCUT2D eigenvalue weighted by atomic mass is 10.0. The SMILES string of the molecule is CN1CCc2cc(C#N)c(C#N)cc21. The van der Waals surface area contributed by atoms with Gasteiger partial charge in [-0.05, 0) is 24.1 Å². The Bertz CT molecular complexity index is 463. The molecule has 3 heteroatoms. The predicted octanol–water partition coefficient (Wildman–Crippen LogP) is 1.42. The Hall–Kier alpha value is -2.00. The van der Waals surface area contributed by atoms with Crippen LogP contribution in [0, 0.1) is 22.7 Å². The van der Waals surface area contributed by atoms with Crippen molar-refractivity contribution in [2.24, 2.45) is 0 Å². The lowest BCUT2D eigenvalue weighted by Gasteiger charge is -2.11. The van der Waals surface area contributed by atoms with Crippen LogP contribution < -0.4 is 4.90 Å². The van der Waals surface area contributed by atoms with E-state index in [1.807, 2.05) is 19.2 Å². The zero-order chi connectivity index (χ0) is 10.1. The van der Waals surface area contributed by atoms with Gasteiger partial charge < -0.3 is 4.90 Å². The zero-order valence-electron chi connectivity index (χ0n) is 7.91. The molecule has 0 saturated heterocycles. The minimum Gasteiger partial charge on any atom is -0.374 e. The summed E-state index contributed by atoms with van der Waals surface area (Å²) >= 11 is 0. The van der Waals surface area contributed by atoms with E-state index >= 15 is 0 Å². The van der Waals surface area contributed by atoms with Crippen molar-refractivity contribution in [3.8, 4) is 12.1 Å². The van der Waals surface area contributed by atoms with E-state index in [1.165, 1.54) is 5.56 Å². The van der Waals surface area contributed by atoms with Crippen LogP contribution in [0.2, 0.25) is 0 Å². The average molecular weight is 183 g/mol. The molecule has 0 N–H and O–H groups in total. The molecule has 0 saturated carbocycles. The third kappa shape index (κ3) is 1.11. The first kappa shape index (κ1) is 8.59. The van der Waals surface area contributed by atoms with Crippen molar-refractivity contribution in [2.45, 2.75) is 6.42 Å². The van der Waals surface area contributed by atoms with E-state index in [9.17, 15) is 0 Å². The van der Waals surface area contributed by atoms with Gasteiger partial charge in [-0.2, -0.15) is 10.5 Å². The fourth-order valence-corrected chi connectivity index (χ4v) is 1.78. The van der Waals surface area contributed by atoms with E-state index in [0.29, 0.717) is 11.1 Å². The van der Waals surface area contributed by atoms with Gasteiger partial charge in [-0.25, -0.2) is 0 Å². The van der Waals surface area contributed by atoms with Gasteiger partial charge in [0.1, 0.15) is 12.1 Å². The lowest BCUT2D eigenvalue weighted by molar-refractivity contribution is 0.956. The molecule has 1 aromatic rings. The van der Waals surface area contributed by atoms with Gasteiger partial charge in [-0.1, -0.05) is 0 Å². The topological polar surface area (TPSA) is 50.8 Å². The number of rotatable bonds is 0. The van der Waals surface area contributed by atoms with Crippen molar-refractivity contribution < 1.29 is 0 Å². The van der Waals surface area contributed by atoms with Crippen molar-refractivity contribution in [2.75, 3.05) is 18.5 Å². The molecule has 3 nitrogen and oxygen atoms in total. The van der Waals surface area contributed by atoms with Crippen molar-refractivity contribution >= 4 is 5.69 Å². The Morgan fingerprint density at radius 2 is 1.86 bits per heavy atom. The molecule has 1 aliphatic heterocycles. The summed E-state index contributed by atoms with van der Waals surface area (Å²) in [6, 6.07) is 7.73. The number of fused-ring (bicyclic) bond motifs is 1. The van der Waals surface area contributed by atoms with E-state index in [2.05, 4.69) is 11.0 Å². The maximum atomic E-state index is 8.85. The molecule has 0 aromatic heterocycles. The highest BCUT2D eigenvalue weighted by Crippen LogP contribution is 2.29. The van der Waals surface area contributed by atoms with E-state index in [1.54, 1.807) is 6.07 Å². The van der Waals surface area contributed by atoms with Crippen LogP contribution in [0.3, 0.4) is 0 Å². The third-order valence-electron chi connectivity index (χ3n) is 2.59. The fourth-order valence-electron chi connectivity index (χ4n) is 1.78. The maximum absolute atomic E-state index is 8.85. The molecule has 1 heterocycles. The molecule has 0 aliphatic carbocycles. The van der Waals surface area contributed by atoms with Crippen LogP contribution in [0.25, 0.3) is 0 Å². The molecule has 14 heavy (non-hydrogen) atoms. The van der Waals surface area contributed by atoms with Crippen molar-refractivity contribution in [1.82, 2.24) is 0 Å². The average Bonchev–Trinajstić information content (AvgIpc) is 2.58. The molecular formula is C11H9N3. The second-order valence-electron chi connectivity index (χ2n) is 3.42. The van der Waals surface area contributed by atoms with Gasteiger partial charge in [0.05, 0.1) is 11.1 Å². The quantitative estimate of drug-likeness (QED) is 0.611. The molecule has 0 atom stereocenters. The van der Waals surface area contributed by atoms with Crippen LogP contribution >= 0.6 is 0 Å². The smallest absolute Gasteiger partial charge is 0.101 e. The summed E-state index contributed by atoms with van der Waals surface area (Å²) in [5.41, 5.74) is 3.21. The number of anilines is 1. The highest BCUT2D eigenvalue weighted by atomic mass is 15.1.